The van der Waals surface area contributed by atoms with E-state index in [1.54, 1.807) is 0 Å². The lowest BCUT2D eigenvalue weighted by molar-refractivity contribution is 0.334. The Kier molecular flexibility index (Phi) is 13.6. The van der Waals surface area contributed by atoms with Crippen molar-refractivity contribution >= 4 is 29.9 Å². The summed E-state index contributed by atoms with van der Waals surface area (Å²) in [5, 5.41) is 6.80. The highest BCUT2D eigenvalue weighted by Gasteiger charge is 2.10. The van der Waals surface area contributed by atoms with Crippen LogP contribution in [0.1, 0.15) is 52.4 Å². The quantitative estimate of drug-likeness (QED) is 0.266. The second-order valence-corrected chi connectivity index (χ2v) is 6.22. The fourth-order valence-corrected chi connectivity index (χ4v) is 2.62. The van der Waals surface area contributed by atoms with E-state index in [1.807, 2.05) is 7.05 Å². The molecule has 0 aromatic rings. The molecule has 1 heterocycles. The highest BCUT2D eigenvalue weighted by molar-refractivity contribution is 14.0. The van der Waals surface area contributed by atoms with Crippen LogP contribution in [-0.2, 0) is 0 Å². The minimum Gasteiger partial charge on any atom is -0.356 e. The third-order valence-corrected chi connectivity index (χ3v) is 3.87. The van der Waals surface area contributed by atoms with Gasteiger partial charge in [-0.25, -0.2) is 0 Å². The van der Waals surface area contributed by atoms with Crippen LogP contribution in [0.15, 0.2) is 4.99 Å². The van der Waals surface area contributed by atoms with E-state index in [9.17, 15) is 0 Å². The number of likely N-dealkylation sites (tertiary alicyclic amines) is 1. The van der Waals surface area contributed by atoms with Gasteiger partial charge >= 0.3 is 0 Å². The van der Waals surface area contributed by atoms with Crippen molar-refractivity contribution in [2.75, 3.05) is 39.8 Å². The number of rotatable bonds is 9. The van der Waals surface area contributed by atoms with Crippen LogP contribution in [-0.4, -0.2) is 50.6 Å². The maximum atomic E-state index is 4.27. The molecule has 0 unspecified atom stereocenters. The number of nitrogens with one attached hydrogen (secondary N) is 2. The van der Waals surface area contributed by atoms with Gasteiger partial charge in [0.15, 0.2) is 5.96 Å². The summed E-state index contributed by atoms with van der Waals surface area (Å²) < 4.78 is 0. The molecule has 1 rings (SSSR count). The summed E-state index contributed by atoms with van der Waals surface area (Å²) in [4.78, 5) is 6.83. The maximum Gasteiger partial charge on any atom is 0.190 e. The Balaban J connectivity index is 0.00000400. The van der Waals surface area contributed by atoms with Gasteiger partial charge in [-0.05, 0) is 51.2 Å². The van der Waals surface area contributed by atoms with Crippen LogP contribution in [0, 0.1) is 5.92 Å². The molecule has 0 aromatic heterocycles. The van der Waals surface area contributed by atoms with Gasteiger partial charge in [-0.3, -0.25) is 4.99 Å². The highest BCUT2D eigenvalue weighted by Crippen LogP contribution is 2.07. The van der Waals surface area contributed by atoms with Crippen LogP contribution in [0.2, 0.25) is 0 Å². The van der Waals surface area contributed by atoms with Gasteiger partial charge in [0.2, 0.25) is 0 Å². The number of nitrogens with zero attached hydrogens (tertiary/aromatic N) is 2. The smallest absolute Gasteiger partial charge is 0.190 e. The second kappa shape index (κ2) is 13.6. The third-order valence-electron chi connectivity index (χ3n) is 3.87. The van der Waals surface area contributed by atoms with Gasteiger partial charge in [0.05, 0.1) is 0 Å². The summed E-state index contributed by atoms with van der Waals surface area (Å²) in [6.07, 6.45) is 7.82. The van der Waals surface area contributed by atoms with Gasteiger partial charge in [-0.15, -0.1) is 24.0 Å². The van der Waals surface area contributed by atoms with Crippen molar-refractivity contribution in [2.24, 2.45) is 10.9 Å². The zero-order valence-corrected chi connectivity index (χ0v) is 16.5. The predicted molar refractivity (Wildman–Crippen MR) is 104 cm³/mol. The van der Waals surface area contributed by atoms with Crippen molar-refractivity contribution in [2.45, 2.75) is 52.4 Å². The topological polar surface area (TPSA) is 39.7 Å². The van der Waals surface area contributed by atoms with E-state index in [2.05, 4.69) is 34.4 Å². The molecule has 1 saturated heterocycles. The first-order chi connectivity index (χ1) is 9.72. The minimum absolute atomic E-state index is 0. The zero-order chi connectivity index (χ0) is 14.6. The normalized spacial score (nSPS) is 16.1. The Bertz CT molecular complexity index is 263. The van der Waals surface area contributed by atoms with E-state index in [0.717, 1.165) is 25.0 Å². The molecule has 0 atom stereocenters. The summed E-state index contributed by atoms with van der Waals surface area (Å²) in [5.41, 5.74) is 0. The summed E-state index contributed by atoms with van der Waals surface area (Å²) in [6, 6.07) is 0. The van der Waals surface area contributed by atoms with Gasteiger partial charge in [-0.1, -0.05) is 26.7 Å². The molecule has 0 aliphatic carbocycles. The number of halogens is 1. The molecule has 0 spiro atoms. The van der Waals surface area contributed by atoms with Crippen molar-refractivity contribution in [1.82, 2.24) is 15.5 Å². The molecular weight excluding hydrogens is 375 g/mol. The Morgan fingerprint density at radius 2 is 1.67 bits per heavy atom. The molecule has 126 valence electrons. The SMILES string of the molecule is CN=C(NCCCCC(C)C)NCCCN1CCCC1.I. The first kappa shape index (κ1) is 21.0. The fourth-order valence-electron chi connectivity index (χ4n) is 2.62. The first-order valence-corrected chi connectivity index (χ1v) is 8.39. The van der Waals surface area contributed by atoms with Crippen molar-refractivity contribution in [3.63, 3.8) is 0 Å². The maximum absolute atomic E-state index is 4.27. The molecule has 2 N–H and O–H groups in total. The largest absolute Gasteiger partial charge is 0.356 e. The Morgan fingerprint density at radius 1 is 1.05 bits per heavy atom. The minimum atomic E-state index is 0. The molecule has 1 aliphatic heterocycles. The molecule has 0 amide bonds. The standard InChI is InChI=1S/C16H34N4.HI/c1-15(2)9-4-5-10-18-16(17-3)19-11-8-14-20-12-6-7-13-20;/h15H,4-14H2,1-3H3,(H2,17,18,19);1H. The lowest BCUT2D eigenvalue weighted by Crippen LogP contribution is -2.39. The summed E-state index contributed by atoms with van der Waals surface area (Å²) in [6.45, 7) is 10.4. The van der Waals surface area contributed by atoms with E-state index in [0.29, 0.717) is 0 Å². The van der Waals surface area contributed by atoms with Crippen LogP contribution in [0.25, 0.3) is 0 Å². The Labute approximate surface area is 148 Å². The lowest BCUT2D eigenvalue weighted by atomic mass is 10.1. The molecular formula is C16H35IN4. The third kappa shape index (κ3) is 11.2. The van der Waals surface area contributed by atoms with Crippen LogP contribution in [0.4, 0.5) is 0 Å². The Morgan fingerprint density at radius 3 is 2.24 bits per heavy atom. The van der Waals surface area contributed by atoms with E-state index in [1.165, 1.54) is 58.2 Å². The molecule has 0 bridgehead atoms. The molecule has 0 radical (unpaired) electrons. The molecule has 0 saturated carbocycles. The lowest BCUT2D eigenvalue weighted by Gasteiger charge is -2.16. The van der Waals surface area contributed by atoms with Crippen molar-refractivity contribution in [3.8, 4) is 0 Å². The molecule has 1 aliphatic rings. The summed E-state index contributed by atoms with van der Waals surface area (Å²) in [7, 11) is 1.85. The number of hydrogen-bond donors (Lipinski definition) is 2. The van der Waals surface area contributed by atoms with Crippen molar-refractivity contribution < 1.29 is 0 Å². The summed E-state index contributed by atoms with van der Waals surface area (Å²) >= 11 is 0. The second-order valence-electron chi connectivity index (χ2n) is 6.22. The zero-order valence-electron chi connectivity index (χ0n) is 14.2. The van der Waals surface area contributed by atoms with E-state index < -0.39 is 0 Å². The molecule has 1 fully saturated rings. The monoisotopic (exact) mass is 410 g/mol. The van der Waals surface area contributed by atoms with Crippen molar-refractivity contribution in [1.29, 1.82) is 0 Å². The Hall–Kier alpha value is -0.0400. The number of guanidine groups is 1. The van der Waals surface area contributed by atoms with Gasteiger partial charge in [-0.2, -0.15) is 0 Å². The molecule has 5 heteroatoms. The predicted octanol–water partition coefficient (Wildman–Crippen LogP) is 3.08. The van der Waals surface area contributed by atoms with Gasteiger partial charge in [0, 0.05) is 20.1 Å². The average molecular weight is 410 g/mol. The van der Waals surface area contributed by atoms with E-state index in [4.69, 9.17) is 0 Å². The van der Waals surface area contributed by atoms with E-state index >= 15 is 0 Å². The molecule has 4 nitrogen and oxygen atoms in total. The average Bonchev–Trinajstić information content (AvgIpc) is 2.93. The van der Waals surface area contributed by atoms with Crippen molar-refractivity contribution in [3.05, 3.63) is 0 Å². The molecule has 0 aromatic carbocycles. The summed E-state index contributed by atoms with van der Waals surface area (Å²) in [5.74, 6) is 1.77. The van der Waals surface area contributed by atoms with Crippen LogP contribution < -0.4 is 10.6 Å². The van der Waals surface area contributed by atoms with Gasteiger partial charge in [0.1, 0.15) is 0 Å². The number of hydrogen-bond acceptors (Lipinski definition) is 2. The fraction of sp³-hybridized carbons (Fsp3) is 0.938. The number of aliphatic imine (C=N–C) groups is 1. The van der Waals surface area contributed by atoms with Crippen LogP contribution in [0.3, 0.4) is 0 Å². The van der Waals surface area contributed by atoms with Crippen LogP contribution in [0.5, 0.6) is 0 Å². The first-order valence-electron chi connectivity index (χ1n) is 8.39. The van der Waals surface area contributed by atoms with Crippen LogP contribution >= 0.6 is 24.0 Å². The molecule has 21 heavy (non-hydrogen) atoms. The number of unbranched alkanes of at least 4 members (excludes halogenated alkanes) is 1. The van der Waals surface area contributed by atoms with Gasteiger partial charge in [0.25, 0.3) is 0 Å². The van der Waals surface area contributed by atoms with Gasteiger partial charge < -0.3 is 15.5 Å². The highest BCUT2D eigenvalue weighted by atomic mass is 127. The van der Waals surface area contributed by atoms with E-state index in [-0.39, 0.29) is 24.0 Å².